The lowest BCUT2D eigenvalue weighted by atomic mass is 10.0. The van der Waals surface area contributed by atoms with Crippen LogP contribution in [0.15, 0.2) is 36.5 Å². The third-order valence-corrected chi connectivity index (χ3v) is 18.4. The van der Waals surface area contributed by atoms with Gasteiger partial charge in [-0.2, -0.15) is 0 Å². The third kappa shape index (κ3) is 71.2. The zero-order chi connectivity index (χ0) is 62.0. The number of carbonyl (C=O) groups excluding carboxylic acids is 2. The van der Waals surface area contributed by atoms with Crippen LogP contribution >= 0.6 is 0 Å². The average Bonchev–Trinajstić information content (AvgIpc) is 3.58. The highest BCUT2D eigenvalue weighted by molar-refractivity contribution is 5.76. The highest BCUT2D eigenvalue weighted by Gasteiger charge is 2.20. The summed E-state index contributed by atoms with van der Waals surface area (Å²) in [6.45, 7) is 4.98. The second-order valence-electron chi connectivity index (χ2n) is 27.0. The molecule has 2 atom stereocenters. The second-order valence-corrected chi connectivity index (χ2v) is 27.0. The molecule has 0 aliphatic heterocycles. The van der Waals surface area contributed by atoms with Gasteiger partial charge in [-0.15, -0.1) is 0 Å². The molecule has 3 N–H and O–H groups in total. The SMILES string of the molecule is CCCCCCCC/C=C\CCCCCCCCCCCC(=O)OCCCCCCCCCCCCCCCCC/C=C\C/C=C\CCCCCCCCCCCCCCCCCCCC(=O)NC(CO)C(O)CCCCCCCCCCCCC. The number of esters is 1. The molecule has 2 unspecified atom stereocenters. The van der Waals surface area contributed by atoms with E-state index in [1.807, 2.05) is 0 Å². The number of aliphatic hydroxyl groups excluding tert-OH is 2. The first-order chi connectivity index (χ1) is 42.5. The number of aliphatic hydroxyl groups is 2. The molecule has 86 heavy (non-hydrogen) atoms. The van der Waals surface area contributed by atoms with Gasteiger partial charge in [0.2, 0.25) is 5.91 Å². The summed E-state index contributed by atoms with van der Waals surface area (Å²) in [5.74, 6) is -0.0103. The zero-order valence-corrected chi connectivity index (χ0v) is 58.3. The first kappa shape index (κ1) is 84.1. The van der Waals surface area contributed by atoms with E-state index in [-0.39, 0.29) is 18.5 Å². The monoisotopic (exact) mass is 1210 g/mol. The molecule has 0 fully saturated rings. The van der Waals surface area contributed by atoms with Crippen molar-refractivity contribution in [1.82, 2.24) is 5.32 Å². The Labute approximate surface area is 538 Å². The van der Waals surface area contributed by atoms with E-state index in [1.165, 1.54) is 360 Å². The van der Waals surface area contributed by atoms with Gasteiger partial charge < -0.3 is 20.3 Å². The van der Waals surface area contributed by atoms with Gasteiger partial charge >= 0.3 is 5.97 Å². The van der Waals surface area contributed by atoms with Crippen LogP contribution in [0.1, 0.15) is 438 Å². The zero-order valence-electron chi connectivity index (χ0n) is 58.3. The number of hydrogen-bond acceptors (Lipinski definition) is 5. The predicted octanol–water partition coefficient (Wildman–Crippen LogP) is 25.8. The first-order valence-electron chi connectivity index (χ1n) is 39.2. The Kier molecular flexibility index (Phi) is 73.9. The van der Waals surface area contributed by atoms with Crippen LogP contribution < -0.4 is 5.32 Å². The summed E-state index contributed by atoms with van der Waals surface area (Å²) in [4.78, 5) is 24.6. The van der Waals surface area contributed by atoms with Crippen molar-refractivity contribution in [2.75, 3.05) is 13.2 Å². The van der Waals surface area contributed by atoms with Crippen LogP contribution in [0.25, 0.3) is 0 Å². The summed E-state index contributed by atoms with van der Waals surface area (Å²) in [6, 6.07) is -0.538. The van der Waals surface area contributed by atoms with E-state index < -0.39 is 12.1 Å². The molecule has 0 saturated heterocycles. The Balaban J connectivity index is 3.32. The molecular formula is C80H153NO5. The van der Waals surface area contributed by atoms with Gasteiger partial charge in [-0.05, 0) is 83.5 Å². The van der Waals surface area contributed by atoms with Crippen molar-refractivity contribution in [3.63, 3.8) is 0 Å². The third-order valence-electron chi connectivity index (χ3n) is 18.4. The van der Waals surface area contributed by atoms with Crippen molar-refractivity contribution < 1.29 is 24.5 Å². The smallest absolute Gasteiger partial charge is 0.305 e. The normalized spacial score (nSPS) is 12.7. The van der Waals surface area contributed by atoms with Gasteiger partial charge in [0.25, 0.3) is 0 Å². The maximum atomic E-state index is 12.5. The van der Waals surface area contributed by atoms with Crippen LogP contribution in [0.4, 0.5) is 0 Å². The molecule has 6 nitrogen and oxygen atoms in total. The van der Waals surface area contributed by atoms with Crippen LogP contribution in [0.5, 0.6) is 0 Å². The molecule has 1 amide bonds. The lowest BCUT2D eigenvalue weighted by Gasteiger charge is -2.22. The Morgan fingerprint density at radius 1 is 0.326 bits per heavy atom. The largest absolute Gasteiger partial charge is 0.466 e. The fraction of sp³-hybridized carbons (Fsp3) is 0.900. The van der Waals surface area contributed by atoms with E-state index in [1.54, 1.807) is 0 Å². The highest BCUT2D eigenvalue weighted by Crippen LogP contribution is 2.19. The van der Waals surface area contributed by atoms with Crippen molar-refractivity contribution >= 4 is 11.9 Å². The lowest BCUT2D eigenvalue weighted by molar-refractivity contribution is -0.143. The standard InChI is InChI=1S/C80H153NO5/c1-3-5-7-9-11-13-15-16-17-18-40-44-47-50-54-58-62-66-70-74-80(85)86-75-71-67-63-59-55-51-48-45-42-39-37-35-33-31-29-27-25-23-21-19-20-22-24-26-28-30-32-34-36-38-41-43-46-49-53-57-61-65-69-73-79(84)81-77(76-82)78(83)72-68-64-60-56-52-14-12-10-8-6-4-2/h16-17,19-20,23,25,77-78,82-83H,3-15,18,21-22,24,26-76H2,1-2H3,(H,81,84)/b17-16-,20-19-,25-23-. The van der Waals surface area contributed by atoms with E-state index in [0.29, 0.717) is 25.9 Å². The Hall–Kier alpha value is -1.92. The molecule has 0 saturated carbocycles. The molecule has 6 heteroatoms. The van der Waals surface area contributed by atoms with Crippen molar-refractivity contribution in [2.45, 2.75) is 450 Å². The molecule has 0 bridgehead atoms. The summed E-state index contributed by atoms with van der Waals surface area (Å²) in [5, 5.41) is 23.2. The van der Waals surface area contributed by atoms with Gasteiger partial charge in [0.1, 0.15) is 0 Å². The lowest BCUT2D eigenvalue weighted by Crippen LogP contribution is -2.45. The number of allylic oxidation sites excluding steroid dienone is 6. The van der Waals surface area contributed by atoms with Gasteiger partial charge in [0.05, 0.1) is 25.4 Å². The Morgan fingerprint density at radius 2 is 0.581 bits per heavy atom. The molecule has 0 heterocycles. The minimum absolute atomic E-state index is 0.0205. The minimum Gasteiger partial charge on any atom is -0.466 e. The van der Waals surface area contributed by atoms with E-state index in [4.69, 9.17) is 4.74 Å². The second kappa shape index (κ2) is 75.5. The number of carbonyl (C=O) groups is 2. The van der Waals surface area contributed by atoms with Crippen molar-refractivity contribution in [2.24, 2.45) is 0 Å². The van der Waals surface area contributed by atoms with Crippen molar-refractivity contribution in [3.8, 4) is 0 Å². The summed E-state index contributed by atoms with van der Waals surface area (Å²) in [5.41, 5.74) is 0. The average molecular weight is 1210 g/mol. The number of ether oxygens (including phenoxy) is 1. The van der Waals surface area contributed by atoms with Crippen LogP contribution in [-0.2, 0) is 14.3 Å². The molecule has 0 aromatic carbocycles. The Bertz CT molecular complexity index is 1390. The van der Waals surface area contributed by atoms with Crippen LogP contribution in [0.3, 0.4) is 0 Å². The maximum Gasteiger partial charge on any atom is 0.305 e. The topological polar surface area (TPSA) is 95.9 Å². The fourth-order valence-electron chi connectivity index (χ4n) is 12.4. The van der Waals surface area contributed by atoms with E-state index in [9.17, 15) is 19.8 Å². The molecule has 0 aromatic heterocycles. The first-order valence-corrected chi connectivity index (χ1v) is 39.2. The molecule has 0 aliphatic carbocycles. The predicted molar refractivity (Wildman–Crippen MR) is 379 cm³/mol. The van der Waals surface area contributed by atoms with Crippen molar-refractivity contribution in [3.05, 3.63) is 36.5 Å². The molecule has 0 spiro atoms. The maximum absolute atomic E-state index is 12.5. The fourth-order valence-corrected chi connectivity index (χ4v) is 12.4. The van der Waals surface area contributed by atoms with E-state index in [2.05, 4.69) is 55.6 Å². The summed E-state index contributed by atoms with van der Waals surface area (Å²) >= 11 is 0. The summed E-state index contributed by atoms with van der Waals surface area (Å²) in [6.07, 6.45) is 98.2. The van der Waals surface area contributed by atoms with Gasteiger partial charge in [-0.1, -0.05) is 378 Å². The minimum atomic E-state index is -0.661. The molecule has 0 rings (SSSR count). The van der Waals surface area contributed by atoms with Crippen LogP contribution in [0.2, 0.25) is 0 Å². The summed E-state index contributed by atoms with van der Waals surface area (Å²) in [7, 11) is 0. The molecular weight excluding hydrogens is 1050 g/mol. The van der Waals surface area contributed by atoms with Crippen LogP contribution in [-0.4, -0.2) is 47.4 Å². The van der Waals surface area contributed by atoms with Gasteiger partial charge in [0, 0.05) is 12.8 Å². The molecule has 0 radical (unpaired) electrons. The van der Waals surface area contributed by atoms with Gasteiger partial charge in [-0.25, -0.2) is 0 Å². The molecule has 0 aromatic rings. The Morgan fingerprint density at radius 3 is 0.895 bits per heavy atom. The number of rotatable bonds is 74. The van der Waals surface area contributed by atoms with Gasteiger partial charge in [-0.3, -0.25) is 9.59 Å². The molecule has 508 valence electrons. The van der Waals surface area contributed by atoms with Crippen molar-refractivity contribution in [1.29, 1.82) is 0 Å². The summed E-state index contributed by atoms with van der Waals surface area (Å²) < 4.78 is 5.52. The number of unbranched alkanes of at least 4 members (excludes halogenated alkanes) is 57. The highest BCUT2D eigenvalue weighted by atomic mass is 16.5. The molecule has 0 aliphatic rings. The van der Waals surface area contributed by atoms with Crippen LogP contribution in [0, 0.1) is 0 Å². The van der Waals surface area contributed by atoms with E-state index in [0.717, 1.165) is 44.9 Å². The number of amides is 1. The number of nitrogens with one attached hydrogen (secondary N) is 1. The van der Waals surface area contributed by atoms with E-state index >= 15 is 0 Å². The van der Waals surface area contributed by atoms with Gasteiger partial charge in [0.15, 0.2) is 0 Å². The number of hydrogen-bond donors (Lipinski definition) is 3. The quantitative estimate of drug-likeness (QED) is 0.0320.